The largest absolute Gasteiger partial charge is 0.337 e. The van der Waals surface area contributed by atoms with Crippen LogP contribution in [0.3, 0.4) is 0 Å². The van der Waals surface area contributed by atoms with E-state index in [4.69, 9.17) is 0 Å². The molecule has 2 aromatic rings. The average Bonchev–Trinajstić information content (AvgIpc) is 3.25. The molecule has 3 amide bonds. The normalized spacial score (nSPS) is 17.3. The number of piperazine rings is 1. The molecule has 142 valence electrons. The van der Waals surface area contributed by atoms with Gasteiger partial charge >= 0.3 is 6.03 Å². The van der Waals surface area contributed by atoms with Crippen molar-refractivity contribution >= 4 is 35.7 Å². The van der Waals surface area contributed by atoms with Gasteiger partial charge in [-0.25, -0.2) is 9.78 Å². The zero-order chi connectivity index (χ0) is 17.6. The number of imidazole rings is 1. The Bertz CT molecular complexity index is 720. The van der Waals surface area contributed by atoms with Crippen LogP contribution in [0.4, 0.5) is 4.79 Å². The number of amides is 3. The predicted octanol–water partition coefficient (Wildman–Crippen LogP) is 0.876. The number of imide groups is 1. The third-order valence-corrected chi connectivity index (χ3v) is 4.99. The van der Waals surface area contributed by atoms with Gasteiger partial charge < -0.3 is 15.2 Å². The van der Waals surface area contributed by atoms with Crippen LogP contribution < -0.4 is 16.0 Å². The lowest BCUT2D eigenvalue weighted by atomic mass is 10.1. The van der Waals surface area contributed by atoms with E-state index in [0.717, 1.165) is 30.3 Å². The fraction of sp³-hybridized carbons (Fsp3) is 0.438. The van der Waals surface area contributed by atoms with E-state index < -0.39 is 6.03 Å². The molecule has 1 unspecified atom stereocenters. The van der Waals surface area contributed by atoms with E-state index in [2.05, 4.69) is 20.9 Å². The van der Waals surface area contributed by atoms with Gasteiger partial charge in [0, 0.05) is 44.0 Å². The maximum atomic E-state index is 12.2. The Kier molecular flexibility index (Phi) is 7.58. The van der Waals surface area contributed by atoms with E-state index in [1.807, 2.05) is 40.2 Å². The van der Waals surface area contributed by atoms with Gasteiger partial charge in [0.2, 0.25) is 5.91 Å². The quantitative estimate of drug-likeness (QED) is 0.695. The Morgan fingerprint density at radius 3 is 3.00 bits per heavy atom. The molecule has 26 heavy (non-hydrogen) atoms. The Morgan fingerprint density at radius 1 is 1.46 bits per heavy atom. The Labute approximate surface area is 162 Å². The van der Waals surface area contributed by atoms with E-state index in [9.17, 15) is 9.59 Å². The fourth-order valence-corrected chi connectivity index (χ4v) is 3.51. The zero-order valence-corrected chi connectivity index (χ0v) is 16.1. The van der Waals surface area contributed by atoms with Crippen LogP contribution in [0.25, 0.3) is 0 Å². The minimum atomic E-state index is -0.470. The predicted molar refractivity (Wildman–Crippen MR) is 102 cm³/mol. The average molecular weight is 399 g/mol. The van der Waals surface area contributed by atoms with Gasteiger partial charge in [-0.3, -0.25) is 15.0 Å². The standard InChI is InChI=1S/C16H22N6O2S.ClH/c1-21-6-5-18-15(21)13-10-17-4-7-22(13)11-14(23)20-16(24)19-9-12-3-2-8-25-12;/h2-3,5-6,8,13,17H,4,7,9-11H2,1H3,(H2,19,20,23,24);1H. The molecule has 1 aliphatic rings. The van der Waals surface area contributed by atoms with Gasteiger partial charge in [0.25, 0.3) is 0 Å². The van der Waals surface area contributed by atoms with E-state index in [1.54, 1.807) is 17.5 Å². The monoisotopic (exact) mass is 398 g/mol. The van der Waals surface area contributed by atoms with Crippen molar-refractivity contribution in [3.05, 3.63) is 40.6 Å². The second-order valence-electron chi connectivity index (χ2n) is 5.90. The van der Waals surface area contributed by atoms with Gasteiger partial charge in [-0.05, 0) is 11.4 Å². The first kappa shape index (κ1) is 20.4. The number of hydrogen-bond acceptors (Lipinski definition) is 6. The van der Waals surface area contributed by atoms with Crippen molar-refractivity contribution in [3.63, 3.8) is 0 Å². The number of rotatable bonds is 5. The van der Waals surface area contributed by atoms with Crippen molar-refractivity contribution in [1.29, 1.82) is 0 Å². The second kappa shape index (κ2) is 9.67. The van der Waals surface area contributed by atoms with Gasteiger partial charge in [0.05, 0.1) is 19.1 Å². The van der Waals surface area contributed by atoms with Crippen molar-refractivity contribution in [2.75, 3.05) is 26.2 Å². The summed E-state index contributed by atoms with van der Waals surface area (Å²) in [5, 5.41) is 10.4. The van der Waals surface area contributed by atoms with Crippen LogP contribution >= 0.6 is 23.7 Å². The summed E-state index contributed by atoms with van der Waals surface area (Å²) in [6.07, 6.45) is 3.64. The highest BCUT2D eigenvalue weighted by atomic mass is 35.5. The highest BCUT2D eigenvalue weighted by Gasteiger charge is 2.28. The second-order valence-corrected chi connectivity index (χ2v) is 6.93. The van der Waals surface area contributed by atoms with Crippen LogP contribution in [0.5, 0.6) is 0 Å². The molecule has 0 bridgehead atoms. The van der Waals surface area contributed by atoms with Gasteiger partial charge in [-0.15, -0.1) is 23.7 Å². The Balaban J connectivity index is 0.00000243. The highest BCUT2D eigenvalue weighted by molar-refractivity contribution is 7.09. The highest BCUT2D eigenvalue weighted by Crippen LogP contribution is 2.19. The molecule has 1 atom stereocenters. The first-order valence-corrected chi connectivity index (χ1v) is 9.03. The molecule has 1 aliphatic heterocycles. The summed E-state index contributed by atoms with van der Waals surface area (Å²) in [6, 6.07) is 3.40. The minimum Gasteiger partial charge on any atom is -0.337 e. The van der Waals surface area contributed by atoms with Crippen LogP contribution in [0.15, 0.2) is 29.9 Å². The molecule has 3 heterocycles. The number of nitrogens with zero attached hydrogens (tertiary/aromatic N) is 3. The van der Waals surface area contributed by atoms with Gasteiger partial charge in [0.15, 0.2) is 0 Å². The summed E-state index contributed by atoms with van der Waals surface area (Å²) < 4.78 is 1.95. The minimum absolute atomic E-state index is 0. The fourth-order valence-electron chi connectivity index (χ4n) is 2.86. The molecule has 10 heteroatoms. The maximum Gasteiger partial charge on any atom is 0.321 e. The van der Waals surface area contributed by atoms with Gasteiger partial charge in [-0.2, -0.15) is 0 Å². The molecule has 8 nitrogen and oxygen atoms in total. The molecule has 0 aromatic carbocycles. The molecular formula is C16H23ClN6O2S. The lowest BCUT2D eigenvalue weighted by molar-refractivity contribution is -0.122. The van der Waals surface area contributed by atoms with E-state index in [-0.39, 0.29) is 30.9 Å². The number of carbonyl (C=O) groups excluding carboxylic acids is 2. The van der Waals surface area contributed by atoms with Crippen molar-refractivity contribution < 1.29 is 9.59 Å². The van der Waals surface area contributed by atoms with E-state index in [1.165, 1.54) is 0 Å². The molecule has 0 spiro atoms. The summed E-state index contributed by atoms with van der Waals surface area (Å²) in [6.45, 7) is 2.83. The number of aromatic nitrogens is 2. The van der Waals surface area contributed by atoms with Crippen molar-refractivity contribution in [1.82, 2.24) is 30.4 Å². The lowest BCUT2D eigenvalue weighted by Gasteiger charge is -2.35. The SMILES string of the molecule is Cl.Cn1ccnc1C1CNCCN1CC(=O)NC(=O)NCc1cccs1. The van der Waals surface area contributed by atoms with Gasteiger partial charge in [0.1, 0.15) is 5.82 Å². The maximum absolute atomic E-state index is 12.2. The first-order chi connectivity index (χ1) is 12.1. The summed E-state index contributed by atoms with van der Waals surface area (Å²) in [5.74, 6) is 0.590. The van der Waals surface area contributed by atoms with Crippen molar-refractivity contribution in [2.45, 2.75) is 12.6 Å². The Hall–Kier alpha value is -1.94. The molecule has 1 saturated heterocycles. The molecule has 0 saturated carbocycles. The van der Waals surface area contributed by atoms with Gasteiger partial charge in [-0.1, -0.05) is 6.07 Å². The number of thiophene rings is 1. The summed E-state index contributed by atoms with van der Waals surface area (Å²) >= 11 is 1.56. The molecular weight excluding hydrogens is 376 g/mol. The number of nitrogens with one attached hydrogen (secondary N) is 3. The number of halogens is 1. The van der Waals surface area contributed by atoms with Crippen LogP contribution in [0.1, 0.15) is 16.7 Å². The van der Waals surface area contributed by atoms with Crippen LogP contribution in [-0.2, 0) is 18.4 Å². The third-order valence-electron chi connectivity index (χ3n) is 4.11. The van der Waals surface area contributed by atoms with E-state index in [0.29, 0.717) is 6.54 Å². The number of urea groups is 1. The van der Waals surface area contributed by atoms with E-state index >= 15 is 0 Å². The number of carbonyl (C=O) groups is 2. The lowest BCUT2D eigenvalue weighted by Crippen LogP contribution is -2.51. The number of aryl methyl sites for hydroxylation is 1. The molecule has 3 rings (SSSR count). The zero-order valence-electron chi connectivity index (χ0n) is 14.5. The van der Waals surface area contributed by atoms with Crippen LogP contribution in [0.2, 0.25) is 0 Å². The first-order valence-electron chi connectivity index (χ1n) is 8.15. The summed E-state index contributed by atoms with van der Waals surface area (Å²) in [7, 11) is 1.94. The molecule has 0 radical (unpaired) electrons. The molecule has 3 N–H and O–H groups in total. The van der Waals surface area contributed by atoms with Crippen LogP contribution in [0, 0.1) is 0 Å². The Morgan fingerprint density at radius 2 is 2.31 bits per heavy atom. The van der Waals surface area contributed by atoms with Crippen LogP contribution in [-0.4, -0.2) is 52.6 Å². The molecule has 1 fully saturated rings. The topological polar surface area (TPSA) is 91.3 Å². The third kappa shape index (κ3) is 5.28. The summed E-state index contributed by atoms with van der Waals surface area (Å²) in [4.78, 5) is 31.6. The van der Waals surface area contributed by atoms with Crippen molar-refractivity contribution in [3.8, 4) is 0 Å². The van der Waals surface area contributed by atoms with Crippen molar-refractivity contribution in [2.24, 2.45) is 7.05 Å². The molecule has 0 aliphatic carbocycles. The summed E-state index contributed by atoms with van der Waals surface area (Å²) in [5.41, 5.74) is 0. The molecule has 2 aromatic heterocycles. The smallest absolute Gasteiger partial charge is 0.321 e. The number of hydrogen-bond donors (Lipinski definition) is 3.